The van der Waals surface area contributed by atoms with Gasteiger partial charge in [0.2, 0.25) is 11.6 Å². The molecule has 1 aromatic rings. The lowest BCUT2D eigenvalue weighted by Crippen LogP contribution is -2.68. The molecule has 0 saturated carbocycles. The first kappa shape index (κ1) is 19.1. The van der Waals surface area contributed by atoms with E-state index in [9.17, 15) is 44.4 Å². The normalized spacial score (nSPS) is 27.1. The van der Waals surface area contributed by atoms with E-state index >= 15 is 0 Å². The van der Waals surface area contributed by atoms with Crippen LogP contribution in [0.5, 0.6) is 0 Å². The number of carbonyl (C=O) groups is 1. The number of ether oxygens (including phenoxy) is 1. The minimum atomic E-state index is -6.73. The SMILES string of the molecule is O=C(OC1=C(F)C(F)(F)C(F)(F)C(F)(F)C1(F)OF)c1ccccc1. The molecule has 0 heterocycles. The maximum Gasteiger partial charge on any atom is 0.385 e. The van der Waals surface area contributed by atoms with Crippen LogP contribution in [0.3, 0.4) is 0 Å². The van der Waals surface area contributed by atoms with Gasteiger partial charge >= 0.3 is 29.6 Å². The van der Waals surface area contributed by atoms with Gasteiger partial charge in [0, 0.05) is 0 Å². The largest absolute Gasteiger partial charge is 0.418 e. The van der Waals surface area contributed by atoms with Gasteiger partial charge in [0.15, 0.2) is 0 Å². The fraction of sp³-hybridized carbons (Fsp3) is 0.308. The van der Waals surface area contributed by atoms with Crippen molar-refractivity contribution in [2.75, 3.05) is 0 Å². The predicted octanol–water partition coefficient (Wildman–Crippen LogP) is 4.51. The van der Waals surface area contributed by atoms with E-state index in [0.29, 0.717) is 0 Å². The Kier molecular flexibility index (Phi) is 4.31. The van der Waals surface area contributed by atoms with Gasteiger partial charge < -0.3 is 4.74 Å². The van der Waals surface area contributed by atoms with Crippen LogP contribution in [0.15, 0.2) is 41.9 Å². The van der Waals surface area contributed by atoms with E-state index in [1.807, 2.05) is 4.94 Å². The van der Waals surface area contributed by atoms with E-state index in [0.717, 1.165) is 24.3 Å². The smallest absolute Gasteiger partial charge is 0.385 e. The second-order valence-corrected chi connectivity index (χ2v) is 4.79. The number of hydrogen-bond donors (Lipinski definition) is 0. The summed E-state index contributed by atoms with van der Waals surface area (Å²) in [7, 11) is 0. The Balaban J connectivity index is 2.62. The van der Waals surface area contributed by atoms with Crippen LogP contribution in [0.1, 0.15) is 10.4 Å². The molecule has 25 heavy (non-hydrogen) atoms. The summed E-state index contributed by atoms with van der Waals surface area (Å²) in [5.41, 5.74) is -0.590. The van der Waals surface area contributed by atoms with Gasteiger partial charge in [0.1, 0.15) is 0 Å². The quantitative estimate of drug-likeness (QED) is 0.572. The third kappa shape index (κ3) is 2.38. The number of rotatable bonds is 3. The Labute approximate surface area is 132 Å². The molecule has 0 bridgehead atoms. The van der Waals surface area contributed by atoms with Crippen LogP contribution >= 0.6 is 0 Å². The molecule has 0 radical (unpaired) electrons. The Bertz CT molecular complexity index is 717. The van der Waals surface area contributed by atoms with Gasteiger partial charge in [-0.05, 0) is 16.7 Å². The van der Waals surface area contributed by atoms with Gasteiger partial charge in [-0.3, -0.25) is 0 Å². The van der Waals surface area contributed by atoms with Crippen molar-refractivity contribution in [2.24, 2.45) is 0 Å². The maximum absolute atomic E-state index is 14.0. The van der Waals surface area contributed by atoms with Crippen LogP contribution < -0.4 is 0 Å². The maximum atomic E-state index is 14.0. The van der Waals surface area contributed by atoms with Crippen LogP contribution in [0.25, 0.3) is 0 Å². The minimum absolute atomic E-state index is 0.590. The van der Waals surface area contributed by atoms with E-state index in [-0.39, 0.29) is 0 Å². The van der Waals surface area contributed by atoms with Crippen LogP contribution in [0.2, 0.25) is 0 Å². The zero-order valence-electron chi connectivity index (χ0n) is 11.5. The lowest BCUT2D eigenvalue weighted by Gasteiger charge is -2.42. The summed E-state index contributed by atoms with van der Waals surface area (Å²) in [6, 6.07) is 5.47. The van der Waals surface area contributed by atoms with Crippen molar-refractivity contribution in [3.05, 3.63) is 47.5 Å². The molecule has 2 rings (SSSR count). The lowest BCUT2D eigenvalue weighted by atomic mass is 9.88. The number of allylic oxidation sites excluding steroid dienone is 1. The molecule has 0 amide bonds. The monoisotopic (exact) mass is 380 g/mol. The molecule has 1 aliphatic rings. The highest BCUT2D eigenvalue weighted by Crippen LogP contribution is 2.62. The molecule has 138 valence electrons. The van der Waals surface area contributed by atoms with E-state index in [1.54, 1.807) is 0 Å². The van der Waals surface area contributed by atoms with Gasteiger partial charge in [-0.15, -0.1) is 4.94 Å². The summed E-state index contributed by atoms with van der Waals surface area (Å²) < 4.78 is 123. The van der Waals surface area contributed by atoms with Crippen molar-refractivity contribution >= 4 is 5.97 Å². The van der Waals surface area contributed by atoms with Crippen molar-refractivity contribution in [3.63, 3.8) is 0 Å². The highest BCUT2D eigenvalue weighted by atomic mass is 19.4. The van der Waals surface area contributed by atoms with Gasteiger partial charge in [0.25, 0.3) is 0 Å². The number of benzene rings is 1. The first-order chi connectivity index (χ1) is 11.3. The predicted molar refractivity (Wildman–Crippen MR) is 60.9 cm³/mol. The Hall–Kier alpha value is -2.24. The third-order valence-electron chi connectivity index (χ3n) is 3.27. The number of esters is 1. The molecule has 12 heteroatoms. The molecule has 0 saturated heterocycles. The van der Waals surface area contributed by atoms with Crippen LogP contribution in [0.4, 0.5) is 39.6 Å². The van der Waals surface area contributed by atoms with Crippen LogP contribution in [0, 0.1) is 0 Å². The number of hydrogen-bond acceptors (Lipinski definition) is 3. The summed E-state index contributed by atoms with van der Waals surface area (Å²) in [5, 5.41) is 0. The third-order valence-corrected chi connectivity index (χ3v) is 3.27. The second-order valence-electron chi connectivity index (χ2n) is 4.79. The summed E-state index contributed by atoms with van der Waals surface area (Å²) in [5.74, 6) is -34.0. The molecule has 1 aromatic carbocycles. The zero-order chi connectivity index (χ0) is 19.3. The molecular formula is C13H5F9O3. The number of halogens is 9. The molecule has 0 aliphatic heterocycles. The average molecular weight is 380 g/mol. The highest BCUT2D eigenvalue weighted by molar-refractivity contribution is 5.90. The van der Waals surface area contributed by atoms with Crippen molar-refractivity contribution in [1.29, 1.82) is 0 Å². The number of carbonyl (C=O) groups excluding carboxylic acids is 1. The van der Waals surface area contributed by atoms with E-state index < -0.39 is 46.7 Å². The fourth-order valence-electron chi connectivity index (χ4n) is 1.88. The molecule has 1 atom stereocenters. The summed E-state index contributed by atoms with van der Waals surface area (Å²) >= 11 is 0. The van der Waals surface area contributed by atoms with E-state index in [4.69, 9.17) is 0 Å². The van der Waals surface area contributed by atoms with E-state index in [2.05, 4.69) is 4.74 Å². The topological polar surface area (TPSA) is 35.5 Å². The van der Waals surface area contributed by atoms with Crippen LogP contribution in [-0.2, 0) is 9.68 Å². The first-order valence-electron chi connectivity index (χ1n) is 6.14. The highest BCUT2D eigenvalue weighted by Gasteiger charge is 2.88. The molecule has 0 fully saturated rings. The van der Waals surface area contributed by atoms with Crippen LogP contribution in [-0.4, -0.2) is 29.6 Å². The average Bonchev–Trinajstić information content (AvgIpc) is 2.57. The van der Waals surface area contributed by atoms with E-state index in [1.165, 1.54) is 6.07 Å². The zero-order valence-corrected chi connectivity index (χ0v) is 11.5. The Morgan fingerprint density at radius 2 is 1.40 bits per heavy atom. The van der Waals surface area contributed by atoms with Crippen molar-refractivity contribution < 1.29 is 54.1 Å². The van der Waals surface area contributed by atoms with Gasteiger partial charge in [-0.1, -0.05) is 18.2 Å². The van der Waals surface area contributed by atoms with Crippen molar-refractivity contribution in [3.8, 4) is 0 Å². The summed E-state index contributed by atoms with van der Waals surface area (Å²) in [6.45, 7) is 0. The summed E-state index contributed by atoms with van der Waals surface area (Å²) in [4.78, 5) is 13.6. The minimum Gasteiger partial charge on any atom is -0.418 e. The Morgan fingerprint density at radius 3 is 1.88 bits per heavy atom. The van der Waals surface area contributed by atoms with Gasteiger partial charge in [-0.2, -0.15) is 30.7 Å². The number of alkyl halides is 7. The molecule has 1 unspecified atom stereocenters. The van der Waals surface area contributed by atoms with Gasteiger partial charge in [-0.25, -0.2) is 9.18 Å². The first-order valence-corrected chi connectivity index (χ1v) is 6.14. The summed E-state index contributed by atoms with van der Waals surface area (Å²) in [6.07, 6.45) is 0. The molecular weight excluding hydrogens is 375 g/mol. The van der Waals surface area contributed by atoms with Gasteiger partial charge in [0.05, 0.1) is 5.56 Å². The van der Waals surface area contributed by atoms with Crippen molar-refractivity contribution in [1.82, 2.24) is 0 Å². The lowest BCUT2D eigenvalue weighted by molar-refractivity contribution is -0.432. The molecule has 0 spiro atoms. The molecule has 0 N–H and O–H groups in total. The molecule has 3 nitrogen and oxygen atoms in total. The second kappa shape index (κ2) is 5.64. The standard InChI is InChI=1S/C13H5F9O3/c14-7-8(24-9(23)6-4-2-1-3-5-6)11(17,25-22)13(20,21)12(18,19)10(7,15)16/h1-5H. The molecule has 0 aromatic heterocycles. The fourth-order valence-corrected chi connectivity index (χ4v) is 1.88. The molecule has 1 aliphatic carbocycles. The Morgan fingerprint density at radius 1 is 0.880 bits per heavy atom. The van der Waals surface area contributed by atoms with Crippen molar-refractivity contribution in [2.45, 2.75) is 23.6 Å².